The molecule has 2 atom stereocenters. The van der Waals surface area contributed by atoms with Crippen molar-refractivity contribution in [2.24, 2.45) is 0 Å². The fraction of sp³-hybridized carbons (Fsp3) is 0.500. The molecular formula is C12H13F3OS. The lowest BCUT2D eigenvalue weighted by Gasteiger charge is -2.15. The zero-order valence-electron chi connectivity index (χ0n) is 9.07. The van der Waals surface area contributed by atoms with E-state index in [0.717, 1.165) is 24.8 Å². The Morgan fingerprint density at radius 3 is 2.24 bits per heavy atom. The molecule has 1 nitrogen and oxygen atoms in total. The van der Waals surface area contributed by atoms with Gasteiger partial charge in [-0.25, -0.2) is 0 Å². The van der Waals surface area contributed by atoms with Gasteiger partial charge in [-0.2, -0.15) is 13.2 Å². The third-order valence-corrected chi connectivity index (χ3v) is 3.76. The maximum Gasteiger partial charge on any atom is 0.446 e. The van der Waals surface area contributed by atoms with E-state index in [2.05, 4.69) is 0 Å². The molecule has 0 radical (unpaired) electrons. The number of halogens is 3. The molecule has 94 valence electrons. The first kappa shape index (κ1) is 12.8. The highest BCUT2D eigenvalue weighted by Crippen LogP contribution is 2.39. The molecule has 0 aromatic heterocycles. The quantitative estimate of drug-likeness (QED) is 0.815. The fourth-order valence-corrected chi connectivity index (χ4v) is 2.79. The zero-order chi connectivity index (χ0) is 12.5. The predicted octanol–water partition coefficient (Wildman–Crippen LogP) is 3.93. The molecule has 0 aliphatic heterocycles. The van der Waals surface area contributed by atoms with Crippen LogP contribution in [0.2, 0.25) is 0 Å². The van der Waals surface area contributed by atoms with Crippen molar-refractivity contribution in [3.8, 4) is 0 Å². The van der Waals surface area contributed by atoms with Gasteiger partial charge in [0.1, 0.15) is 0 Å². The van der Waals surface area contributed by atoms with Crippen molar-refractivity contribution in [1.82, 2.24) is 0 Å². The predicted molar refractivity (Wildman–Crippen MR) is 61.0 cm³/mol. The highest BCUT2D eigenvalue weighted by molar-refractivity contribution is 8.00. The van der Waals surface area contributed by atoms with Crippen LogP contribution in [0.4, 0.5) is 13.2 Å². The van der Waals surface area contributed by atoms with Crippen molar-refractivity contribution in [1.29, 1.82) is 0 Å². The maximum absolute atomic E-state index is 12.1. The molecule has 0 unspecified atom stereocenters. The summed E-state index contributed by atoms with van der Waals surface area (Å²) in [6.45, 7) is 0. The molecule has 0 saturated heterocycles. The maximum atomic E-state index is 12.1. The van der Waals surface area contributed by atoms with Gasteiger partial charge in [-0.1, -0.05) is 18.6 Å². The Bertz CT molecular complexity index is 374. The average Bonchev–Trinajstić information content (AvgIpc) is 2.63. The van der Waals surface area contributed by atoms with E-state index in [1.807, 2.05) is 0 Å². The molecule has 1 saturated carbocycles. The number of aliphatic hydroxyl groups is 1. The van der Waals surface area contributed by atoms with Crippen molar-refractivity contribution in [3.63, 3.8) is 0 Å². The van der Waals surface area contributed by atoms with Crippen LogP contribution in [0.3, 0.4) is 0 Å². The van der Waals surface area contributed by atoms with Crippen LogP contribution in [0.25, 0.3) is 0 Å². The zero-order valence-corrected chi connectivity index (χ0v) is 9.89. The topological polar surface area (TPSA) is 20.2 Å². The second-order valence-corrected chi connectivity index (χ2v) is 5.36. The Morgan fingerprint density at radius 2 is 1.76 bits per heavy atom. The van der Waals surface area contributed by atoms with Crippen LogP contribution < -0.4 is 0 Å². The van der Waals surface area contributed by atoms with E-state index >= 15 is 0 Å². The Balaban J connectivity index is 2.07. The first-order valence-corrected chi connectivity index (χ1v) is 6.31. The van der Waals surface area contributed by atoms with Gasteiger partial charge in [0.05, 0.1) is 6.10 Å². The number of benzene rings is 1. The van der Waals surface area contributed by atoms with Crippen LogP contribution in [0.1, 0.15) is 30.7 Å². The summed E-state index contributed by atoms with van der Waals surface area (Å²) in [5, 5.41) is 9.71. The van der Waals surface area contributed by atoms with Gasteiger partial charge < -0.3 is 5.11 Å². The lowest BCUT2D eigenvalue weighted by molar-refractivity contribution is -0.0328. The molecule has 0 amide bonds. The molecule has 17 heavy (non-hydrogen) atoms. The molecule has 1 aliphatic carbocycles. The SMILES string of the molecule is O[C@@H]1CCC[C@H]1c1ccc(SC(F)(F)F)cc1. The largest absolute Gasteiger partial charge is 0.446 e. The van der Waals surface area contributed by atoms with Crippen molar-refractivity contribution < 1.29 is 18.3 Å². The highest BCUT2D eigenvalue weighted by Gasteiger charge is 2.30. The molecule has 1 N–H and O–H groups in total. The van der Waals surface area contributed by atoms with Crippen LogP contribution in [-0.4, -0.2) is 16.7 Å². The van der Waals surface area contributed by atoms with E-state index in [4.69, 9.17) is 0 Å². The number of hydrogen-bond donors (Lipinski definition) is 1. The molecule has 1 fully saturated rings. The lowest BCUT2D eigenvalue weighted by Crippen LogP contribution is -2.10. The smallest absolute Gasteiger partial charge is 0.392 e. The lowest BCUT2D eigenvalue weighted by atomic mass is 9.96. The first-order valence-electron chi connectivity index (χ1n) is 5.49. The summed E-state index contributed by atoms with van der Waals surface area (Å²) in [7, 11) is 0. The van der Waals surface area contributed by atoms with Gasteiger partial charge in [-0.15, -0.1) is 0 Å². The summed E-state index contributed by atoms with van der Waals surface area (Å²) in [6.07, 6.45) is 2.32. The molecule has 0 spiro atoms. The Hall–Kier alpha value is -0.680. The summed E-state index contributed by atoms with van der Waals surface area (Å²) in [6, 6.07) is 6.32. The summed E-state index contributed by atoms with van der Waals surface area (Å²) >= 11 is -0.110. The monoisotopic (exact) mass is 262 g/mol. The number of thioether (sulfide) groups is 1. The number of aliphatic hydroxyl groups excluding tert-OH is 1. The Kier molecular flexibility index (Phi) is 3.68. The average molecular weight is 262 g/mol. The summed E-state index contributed by atoms with van der Waals surface area (Å²) in [5.41, 5.74) is -3.31. The minimum atomic E-state index is -4.24. The van der Waals surface area contributed by atoms with Gasteiger partial charge >= 0.3 is 5.51 Å². The van der Waals surface area contributed by atoms with E-state index in [-0.39, 0.29) is 28.7 Å². The third-order valence-electron chi connectivity index (χ3n) is 3.02. The Labute approximate surface area is 102 Å². The van der Waals surface area contributed by atoms with Crippen molar-refractivity contribution in [2.45, 2.75) is 41.7 Å². The normalized spacial score (nSPS) is 25.2. The summed E-state index contributed by atoms with van der Waals surface area (Å²) in [5.74, 6) is 0.0833. The highest BCUT2D eigenvalue weighted by atomic mass is 32.2. The molecule has 0 heterocycles. The number of alkyl halides is 3. The van der Waals surface area contributed by atoms with E-state index in [0.29, 0.717) is 0 Å². The van der Waals surface area contributed by atoms with E-state index in [1.54, 1.807) is 12.1 Å². The first-order chi connectivity index (χ1) is 7.96. The van der Waals surface area contributed by atoms with Gasteiger partial charge in [0.15, 0.2) is 0 Å². The van der Waals surface area contributed by atoms with Crippen molar-refractivity contribution in [2.75, 3.05) is 0 Å². The number of hydrogen-bond acceptors (Lipinski definition) is 2. The third kappa shape index (κ3) is 3.39. The fourth-order valence-electron chi connectivity index (χ4n) is 2.25. The molecule has 1 aromatic rings. The number of rotatable bonds is 2. The molecule has 1 aromatic carbocycles. The Morgan fingerprint density at radius 1 is 1.12 bits per heavy atom. The molecule has 0 bridgehead atoms. The molecular weight excluding hydrogens is 249 g/mol. The standard InChI is InChI=1S/C12H13F3OS/c13-12(14,15)17-9-6-4-8(5-7-9)10-2-1-3-11(10)16/h4-7,10-11,16H,1-3H2/t10-,11+/m0/s1. The summed E-state index contributed by atoms with van der Waals surface area (Å²) in [4.78, 5) is 0.189. The van der Waals surface area contributed by atoms with Gasteiger partial charge in [0, 0.05) is 10.8 Å². The van der Waals surface area contributed by atoms with Gasteiger partial charge in [-0.05, 0) is 42.3 Å². The van der Waals surface area contributed by atoms with E-state index in [9.17, 15) is 18.3 Å². The van der Waals surface area contributed by atoms with Crippen LogP contribution in [0.15, 0.2) is 29.2 Å². The van der Waals surface area contributed by atoms with Crippen LogP contribution in [0.5, 0.6) is 0 Å². The van der Waals surface area contributed by atoms with Crippen LogP contribution >= 0.6 is 11.8 Å². The minimum Gasteiger partial charge on any atom is -0.392 e. The van der Waals surface area contributed by atoms with E-state index < -0.39 is 5.51 Å². The van der Waals surface area contributed by atoms with Gasteiger partial charge in [0.25, 0.3) is 0 Å². The van der Waals surface area contributed by atoms with Crippen LogP contribution in [0, 0.1) is 0 Å². The second-order valence-electron chi connectivity index (χ2n) is 4.22. The van der Waals surface area contributed by atoms with Crippen molar-refractivity contribution in [3.05, 3.63) is 29.8 Å². The summed E-state index contributed by atoms with van der Waals surface area (Å²) < 4.78 is 36.4. The van der Waals surface area contributed by atoms with Crippen LogP contribution in [-0.2, 0) is 0 Å². The molecule has 5 heteroatoms. The second kappa shape index (κ2) is 4.90. The van der Waals surface area contributed by atoms with Gasteiger partial charge in [0.2, 0.25) is 0 Å². The molecule has 2 rings (SSSR count). The van der Waals surface area contributed by atoms with E-state index in [1.165, 1.54) is 12.1 Å². The molecule has 1 aliphatic rings. The minimum absolute atomic E-state index is 0.0833. The van der Waals surface area contributed by atoms with Crippen molar-refractivity contribution >= 4 is 11.8 Å². The van der Waals surface area contributed by atoms with Gasteiger partial charge in [-0.3, -0.25) is 0 Å².